The molecule has 0 saturated carbocycles. The SMILES string of the molecule is COCCN(C)CCN=C(N)Nc1cccc(C)c1.I. The Bertz CT molecular complexity index is 412. The number of aryl methyl sites for hydroxylation is 1. The van der Waals surface area contributed by atoms with Crippen molar-refractivity contribution in [2.75, 3.05) is 45.7 Å². The molecule has 1 aromatic carbocycles. The van der Waals surface area contributed by atoms with Gasteiger partial charge in [0.25, 0.3) is 0 Å². The van der Waals surface area contributed by atoms with Crippen LogP contribution in [0.15, 0.2) is 29.3 Å². The molecule has 1 aromatic rings. The zero-order valence-corrected chi connectivity index (χ0v) is 14.8. The topological polar surface area (TPSA) is 62.9 Å². The van der Waals surface area contributed by atoms with Crippen LogP contribution in [0.3, 0.4) is 0 Å². The van der Waals surface area contributed by atoms with Crippen LogP contribution < -0.4 is 11.1 Å². The largest absolute Gasteiger partial charge is 0.383 e. The fourth-order valence-electron chi connectivity index (χ4n) is 1.61. The summed E-state index contributed by atoms with van der Waals surface area (Å²) in [5, 5.41) is 3.08. The minimum absolute atomic E-state index is 0. The Kier molecular flexibility index (Phi) is 10.4. The molecule has 114 valence electrons. The number of nitrogens with one attached hydrogen (secondary N) is 1. The van der Waals surface area contributed by atoms with Crippen LogP contribution >= 0.6 is 24.0 Å². The smallest absolute Gasteiger partial charge is 0.193 e. The molecule has 0 amide bonds. The summed E-state index contributed by atoms with van der Waals surface area (Å²) in [4.78, 5) is 6.46. The monoisotopic (exact) mass is 392 g/mol. The molecule has 0 radical (unpaired) electrons. The van der Waals surface area contributed by atoms with Crippen LogP contribution in [-0.4, -0.2) is 51.3 Å². The van der Waals surface area contributed by atoms with Crippen molar-refractivity contribution in [2.45, 2.75) is 6.92 Å². The van der Waals surface area contributed by atoms with Gasteiger partial charge in [-0.05, 0) is 31.7 Å². The highest BCUT2D eigenvalue weighted by Crippen LogP contribution is 2.08. The molecule has 0 aromatic heterocycles. The van der Waals surface area contributed by atoms with Gasteiger partial charge in [0.1, 0.15) is 0 Å². The minimum atomic E-state index is 0. The number of rotatable bonds is 7. The maximum absolute atomic E-state index is 5.84. The van der Waals surface area contributed by atoms with Gasteiger partial charge in [0, 0.05) is 25.9 Å². The zero-order valence-electron chi connectivity index (χ0n) is 12.4. The van der Waals surface area contributed by atoms with E-state index in [2.05, 4.69) is 15.2 Å². The van der Waals surface area contributed by atoms with E-state index in [9.17, 15) is 0 Å². The number of ether oxygens (including phenoxy) is 1. The molecule has 5 nitrogen and oxygen atoms in total. The number of likely N-dealkylation sites (N-methyl/N-ethyl adjacent to an activating group) is 1. The van der Waals surface area contributed by atoms with Gasteiger partial charge in [-0.2, -0.15) is 0 Å². The molecule has 0 bridgehead atoms. The molecular formula is C14H25IN4O. The van der Waals surface area contributed by atoms with E-state index in [0.29, 0.717) is 12.5 Å². The van der Waals surface area contributed by atoms with Gasteiger partial charge in [0.05, 0.1) is 13.2 Å². The van der Waals surface area contributed by atoms with Crippen LogP contribution in [0.4, 0.5) is 5.69 Å². The summed E-state index contributed by atoms with van der Waals surface area (Å²) >= 11 is 0. The van der Waals surface area contributed by atoms with E-state index >= 15 is 0 Å². The molecule has 0 atom stereocenters. The first-order valence-corrected chi connectivity index (χ1v) is 6.43. The summed E-state index contributed by atoms with van der Waals surface area (Å²) in [6, 6.07) is 8.04. The van der Waals surface area contributed by atoms with Crippen LogP contribution in [0.25, 0.3) is 0 Å². The van der Waals surface area contributed by atoms with Gasteiger partial charge in [0.15, 0.2) is 5.96 Å². The number of aliphatic imine (C=N–C) groups is 1. The molecule has 1 rings (SSSR count). The lowest BCUT2D eigenvalue weighted by Gasteiger charge is -2.14. The van der Waals surface area contributed by atoms with Gasteiger partial charge >= 0.3 is 0 Å². The van der Waals surface area contributed by atoms with Crippen molar-refractivity contribution in [1.82, 2.24) is 4.90 Å². The Labute approximate surface area is 138 Å². The van der Waals surface area contributed by atoms with Crippen molar-refractivity contribution in [3.8, 4) is 0 Å². The standard InChI is InChI=1S/C14H24N4O.HI/c1-12-5-4-6-13(11-12)17-14(15)16-7-8-18(2)9-10-19-3;/h4-6,11H,7-10H2,1-3H3,(H3,15,16,17);1H. The lowest BCUT2D eigenvalue weighted by Crippen LogP contribution is -2.28. The van der Waals surface area contributed by atoms with E-state index in [0.717, 1.165) is 25.4 Å². The van der Waals surface area contributed by atoms with Crippen molar-refractivity contribution in [3.05, 3.63) is 29.8 Å². The number of benzene rings is 1. The highest BCUT2D eigenvalue weighted by Gasteiger charge is 1.98. The minimum Gasteiger partial charge on any atom is -0.383 e. The summed E-state index contributed by atoms with van der Waals surface area (Å²) in [7, 11) is 3.74. The number of guanidine groups is 1. The molecule has 0 spiro atoms. The predicted octanol–water partition coefficient (Wildman–Crippen LogP) is 1.92. The third kappa shape index (κ3) is 8.34. The van der Waals surface area contributed by atoms with Gasteiger partial charge in [0.2, 0.25) is 0 Å². The second-order valence-corrected chi connectivity index (χ2v) is 4.56. The van der Waals surface area contributed by atoms with Crippen LogP contribution in [0.1, 0.15) is 5.56 Å². The predicted molar refractivity (Wildman–Crippen MR) is 96.1 cm³/mol. The Hall–Kier alpha value is -0.860. The fraction of sp³-hybridized carbons (Fsp3) is 0.500. The second kappa shape index (κ2) is 10.9. The maximum Gasteiger partial charge on any atom is 0.193 e. The molecule has 0 heterocycles. The van der Waals surface area contributed by atoms with Crippen LogP contribution in [0.2, 0.25) is 0 Å². The Morgan fingerprint density at radius 3 is 2.80 bits per heavy atom. The number of halogens is 1. The summed E-state index contributed by atoms with van der Waals surface area (Å²) in [5.74, 6) is 0.450. The van der Waals surface area contributed by atoms with E-state index in [4.69, 9.17) is 10.5 Å². The average molecular weight is 392 g/mol. The van der Waals surface area contributed by atoms with Crippen molar-refractivity contribution < 1.29 is 4.74 Å². The molecule has 6 heteroatoms. The third-order valence-corrected chi connectivity index (χ3v) is 2.73. The Morgan fingerprint density at radius 1 is 1.40 bits per heavy atom. The number of hydrogen-bond acceptors (Lipinski definition) is 3. The second-order valence-electron chi connectivity index (χ2n) is 4.56. The Morgan fingerprint density at radius 2 is 2.15 bits per heavy atom. The normalized spacial score (nSPS) is 11.3. The van der Waals surface area contributed by atoms with E-state index in [1.807, 2.05) is 38.2 Å². The van der Waals surface area contributed by atoms with Crippen molar-refractivity contribution in [3.63, 3.8) is 0 Å². The number of anilines is 1. The van der Waals surface area contributed by atoms with Gasteiger partial charge in [-0.3, -0.25) is 4.99 Å². The fourth-order valence-corrected chi connectivity index (χ4v) is 1.61. The van der Waals surface area contributed by atoms with Gasteiger partial charge in [-0.1, -0.05) is 12.1 Å². The summed E-state index contributed by atoms with van der Waals surface area (Å²) in [6.45, 7) is 5.21. The molecule has 0 saturated heterocycles. The number of nitrogens with two attached hydrogens (primary N) is 1. The molecule has 0 aliphatic carbocycles. The van der Waals surface area contributed by atoms with Crippen molar-refractivity contribution in [1.29, 1.82) is 0 Å². The lowest BCUT2D eigenvalue weighted by molar-refractivity contribution is 0.163. The lowest BCUT2D eigenvalue weighted by atomic mass is 10.2. The molecule has 0 fully saturated rings. The quantitative estimate of drug-likeness (QED) is 0.423. The van der Waals surface area contributed by atoms with Crippen LogP contribution in [0, 0.1) is 6.92 Å². The van der Waals surface area contributed by atoms with Gasteiger partial charge < -0.3 is 20.7 Å². The summed E-state index contributed by atoms with van der Waals surface area (Å²) in [5.41, 5.74) is 8.00. The number of hydrogen-bond donors (Lipinski definition) is 2. The van der Waals surface area contributed by atoms with E-state index in [1.54, 1.807) is 7.11 Å². The number of methoxy groups -OCH3 is 1. The molecular weight excluding hydrogens is 367 g/mol. The number of nitrogens with zero attached hydrogens (tertiary/aromatic N) is 2. The summed E-state index contributed by atoms with van der Waals surface area (Å²) < 4.78 is 5.02. The zero-order chi connectivity index (χ0) is 14.1. The van der Waals surface area contributed by atoms with E-state index in [1.165, 1.54) is 5.56 Å². The first kappa shape index (κ1) is 19.1. The average Bonchev–Trinajstić information content (AvgIpc) is 2.36. The molecule has 20 heavy (non-hydrogen) atoms. The van der Waals surface area contributed by atoms with Crippen LogP contribution in [0.5, 0.6) is 0 Å². The maximum atomic E-state index is 5.84. The molecule has 0 aliphatic rings. The molecule has 0 unspecified atom stereocenters. The molecule has 3 N–H and O–H groups in total. The van der Waals surface area contributed by atoms with Gasteiger partial charge in [-0.15, -0.1) is 24.0 Å². The Balaban J connectivity index is 0.00000361. The van der Waals surface area contributed by atoms with Crippen molar-refractivity contribution >= 4 is 35.6 Å². The van der Waals surface area contributed by atoms with E-state index < -0.39 is 0 Å². The van der Waals surface area contributed by atoms with E-state index in [-0.39, 0.29) is 24.0 Å². The molecule has 0 aliphatic heterocycles. The van der Waals surface area contributed by atoms with Gasteiger partial charge in [-0.25, -0.2) is 0 Å². The highest BCUT2D eigenvalue weighted by molar-refractivity contribution is 14.0. The van der Waals surface area contributed by atoms with Crippen molar-refractivity contribution in [2.24, 2.45) is 10.7 Å². The first-order chi connectivity index (χ1) is 9.11. The highest BCUT2D eigenvalue weighted by atomic mass is 127. The van der Waals surface area contributed by atoms with Crippen LogP contribution in [-0.2, 0) is 4.74 Å². The first-order valence-electron chi connectivity index (χ1n) is 6.43. The third-order valence-electron chi connectivity index (χ3n) is 2.73. The summed E-state index contributed by atoms with van der Waals surface area (Å²) in [6.07, 6.45) is 0.